The summed E-state index contributed by atoms with van der Waals surface area (Å²) < 4.78 is 0. The molecule has 14 heteroatoms. The smallest absolute Gasteiger partial charge is 0.243 e. The Morgan fingerprint density at radius 1 is 0.676 bits per heavy atom. The molecule has 0 fully saturated rings. The van der Waals surface area contributed by atoms with Crippen LogP contribution in [0.4, 0.5) is 0 Å². The number of unbranched alkanes of at least 4 members (excludes halogenated alkanes) is 1. The molecule has 34 heavy (non-hydrogen) atoms. The van der Waals surface area contributed by atoms with Crippen LogP contribution in [0.3, 0.4) is 0 Å². The first-order chi connectivity index (χ1) is 15.8. The third-order valence-electron chi connectivity index (χ3n) is 4.87. The Hall–Kier alpha value is -3.26. The number of hydrogen-bond acceptors (Lipinski definition) is 8. The number of amides is 6. The molecule has 0 aromatic heterocycles. The second-order valence-electron chi connectivity index (χ2n) is 8.06. The van der Waals surface area contributed by atoms with Crippen molar-refractivity contribution in [2.45, 2.75) is 83.1 Å². The number of primary amides is 2. The van der Waals surface area contributed by atoms with Crippen LogP contribution in [0.25, 0.3) is 0 Å². The minimum Gasteiger partial charge on any atom is -0.368 e. The minimum atomic E-state index is -1.11. The molecule has 0 aliphatic carbocycles. The fourth-order valence-electron chi connectivity index (χ4n) is 2.68. The zero-order chi connectivity index (χ0) is 26.4. The summed E-state index contributed by atoms with van der Waals surface area (Å²) in [5.41, 5.74) is 21.3. The molecule has 5 atom stereocenters. The van der Waals surface area contributed by atoms with Crippen LogP contribution in [0.2, 0.25) is 0 Å². The van der Waals surface area contributed by atoms with Crippen LogP contribution in [-0.2, 0) is 28.8 Å². The Morgan fingerprint density at radius 2 is 1.26 bits per heavy atom. The molecule has 0 radical (unpaired) electrons. The highest BCUT2D eigenvalue weighted by molar-refractivity contribution is 5.94. The maximum Gasteiger partial charge on any atom is 0.243 e. The van der Waals surface area contributed by atoms with Crippen LogP contribution in [0, 0.1) is 0 Å². The summed E-state index contributed by atoms with van der Waals surface area (Å²) in [5, 5.41) is 9.77. The fourth-order valence-corrected chi connectivity index (χ4v) is 2.68. The number of nitrogens with two attached hydrogens (primary N) is 4. The maximum absolute atomic E-state index is 12.7. The summed E-state index contributed by atoms with van der Waals surface area (Å²) in [6.07, 6.45) is 1.09. The number of nitrogens with one attached hydrogen (secondary N) is 4. The molecule has 12 N–H and O–H groups in total. The monoisotopic (exact) mass is 486 g/mol. The van der Waals surface area contributed by atoms with E-state index in [1.54, 1.807) is 0 Å². The van der Waals surface area contributed by atoms with E-state index in [1.807, 2.05) is 0 Å². The summed E-state index contributed by atoms with van der Waals surface area (Å²) in [5.74, 6) is -3.96. The molecule has 14 nitrogen and oxygen atoms in total. The van der Waals surface area contributed by atoms with E-state index in [0.717, 1.165) is 0 Å². The summed E-state index contributed by atoms with van der Waals surface area (Å²) >= 11 is 0. The summed E-state index contributed by atoms with van der Waals surface area (Å²) in [7, 11) is 0. The molecule has 0 bridgehead atoms. The highest BCUT2D eigenvalue weighted by Gasteiger charge is 2.26. The standard InChI is InChI=1S/C20H38N8O6/c1-10(22)18(32)28-13(17(24)31)7-8-15(29)27-14(6-4-5-9-21)20(34)26-12(3)19(33)25-11(2)16(23)30/h10-14H,4-9,21-22H2,1-3H3,(H2,23,30)(H2,24,31)(H,25,33)(H,26,34)(H,27,29)(H,28,32)/t10-,11+,12+,13+,14-/m0/s1. The predicted octanol–water partition coefficient (Wildman–Crippen LogP) is -3.81. The average molecular weight is 487 g/mol. The number of hydrogen-bond donors (Lipinski definition) is 8. The van der Waals surface area contributed by atoms with Gasteiger partial charge >= 0.3 is 0 Å². The van der Waals surface area contributed by atoms with E-state index in [9.17, 15) is 28.8 Å². The third-order valence-corrected chi connectivity index (χ3v) is 4.87. The minimum absolute atomic E-state index is 0.0966. The van der Waals surface area contributed by atoms with Crippen molar-refractivity contribution in [1.82, 2.24) is 21.3 Å². The van der Waals surface area contributed by atoms with Crippen molar-refractivity contribution in [2.24, 2.45) is 22.9 Å². The van der Waals surface area contributed by atoms with E-state index >= 15 is 0 Å². The van der Waals surface area contributed by atoms with Gasteiger partial charge in [-0.15, -0.1) is 0 Å². The van der Waals surface area contributed by atoms with Gasteiger partial charge in [-0.1, -0.05) is 0 Å². The molecule has 0 heterocycles. The van der Waals surface area contributed by atoms with Gasteiger partial charge < -0.3 is 44.2 Å². The molecule has 0 aliphatic heterocycles. The van der Waals surface area contributed by atoms with Gasteiger partial charge in [-0.2, -0.15) is 0 Å². The van der Waals surface area contributed by atoms with Crippen LogP contribution in [0.5, 0.6) is 0 Å². The van der Waals surface area contributed by atoms with Gasteiger partial charge in [-0.05, 0) is 53.0 Å². The Bertz CT molecular complexity index is 745. The Balaban J connectivity index is 5.05. The van der Waals surface area contributed by atoms with Crippen molar-refractivity contribution in [3.05, 3.63) is 0 Å². The first-order valence-corrected chi connectivity index (χ1v) is 11.0. The van der Waals surface area contributed by atoms with E-state index in [4.69, 9.17) is 22.9 Å². The first kappa shape index (κ1) is 30.7. The molecule has 0 rings (SSSR count). The van der Waals surface area contributed by atoms with E-state index in [0.29, 0.717) is 19.4 Å². The zero-order valence-electron chi connectivity index (χ0n) is 19.9. The van der Waals surface area contributed by atoms with Gasteiger partial charge in [0.05, 0.1) is 6.04 Å². The lowest BCUT2D eigenvalue weighted by Gasteiger charge is -2.22. The third kappa shape index (κ3) is 12.1. The van der Waals surface area contributed by atoms with Crippen LogP contribution in [0.1, 0.15) is 52.9 Å². The van der Waals surface area contributed by atoms with Crippen molar-refractivity contribution in [3.8, 4) is 0 Å². The zero-order valence-corrected chi connectivity index (χ0v) is 19.9. The second kappa shape index (κ2) is 15.6. The lowest BCUT2D eigenvalue weighted by Crippen LogP contribution is -2.55. The van der Waals surface area contributed by atoms with Crippen LogP contribution in [0.15, 0.2) is 0 Å². The van der Waals surface area contributed by atoms with Gasteiger partial charge in [0.1, 0.15) is 24.2 Å². The highest BCUT2D eigenvalue weighted by Crippen LogP contribution is 2.04. The van der Waals surface area contributed by atoms with Gasteiger partial charge in [-0.25, -0.2) is 0 Å². The van der Waals surface area contributed by atoms with Crippen LogP contribution >= 0.6 is 0 Å². The van der Waals surface area contributed by atoms with Gasteiger partial charge in [0, 0.05) is 6.42 Å². The molecule has 0 aromatic carbocycles. The fraction of sp³-hybridized carbons (Fsp3) is 0.700. The molecular weight excluding hydrogens is 448 g/mol. The molecular formula is C20H38N8O6. The molecule has 194 valence electrons. The molecule has 0 aliphatic rings. The van der Waals surface area contributed by atoms with Crippen molar-refractivity contribution in [3.63, 3.8) is 0 Å². The molecule has 0 aromatic rings. The van der Waals surface area contributed by atoms with E-state index in [2.05, 4.69) is 21.3 Å². The Morgan fingerprint density at radius 3 is 1.76 bits per heavy atom. The Labute approximate surface area is 198 Å². The van der Waals surface area contributed by atoms with Crippen molar-refractivity contribution < 1.29 is 28.8 Å². The number of carbonyl (C=O) groups is 6. The predicted molar refractivity (Wildman–Crippen MR) is 123 cm³/mol. The summed E-state index contributed by atoms with van der Waals surface area (Å²) in [4.78, 5) is 71.7. The number of carbonyl (C=O) groups excluding carboxylic acids is 6. The van der Waals surface area contributed by atoms with Crippen molar-refractivity contribution in [2.75, 3.05) is 6.54 Å². The highest BCUT2D eigenvalue weighted by atomic mass is 16.2. The van der Waals surface area contributed by atoms with Crippen LogP contribution in [-0.4, -0.2) is 72.2 Å². The van der Waals surface area contributed by atoms with Gasteiger partial charge in [0.2, 0.25) is 35.4 Å². The van der Waals surface area contributed by atoms with Gasteiger partial charge in [0.15, 0.2) is 0 Å². The van der Waals surface area contributed by atoms with E-state index < -0.39 is 65.7 Å². The average Bonchev–Trinajstić information content (AvgIpc) is 2.74. The molecule has 0 unspecified atom stereocenters. The van der Waals surface area contributed by atoms with Gasteiger partial charge in [-0.3, -0.25) is 28.8 Å². The first-order valence-electron chi connectivity index (χ1n) is 11.0. The Kier molecular flexibility index (Phi) is 14.1. The van der Waals surface area contributed by atoms with Crippen LogP contribution < -0.4 is 44.2 Å². The lowest BCUT2D eigenvalue weighted by molar-refractivity contribution is -0.133. The molecule has 0 spiro atoms. The summed E-state index contributed by atoms with van der Waals surface area (Å²) in [6.45, 7) is 4.64. The van der Waals surface area contributed by atoms with E-state index in [-0.39, 0.29) is 19.3 Å². The molecule has 0 saturated heterocycles. The lowest BCUT2D eigenvalue weighted by atomic mass is 10.1. The molecule has 6 amide bonds. The van der Waals surface area contributed by atoms with E-state index in [1.165, 1.54) is 20.8 Å². The van der Waals surface area contributed by atoms with Crippen molar-refractivity contribution >= 4 is 35.4 Å². The quantitative estimate of drug-likeness (QED) is 0.100. The molecule has 0 saturated carbocycles. The second-order valence-corrected chi connectivity index (χ2v) is 8.06. The maximum atomic E-state index is 12.7. The summed E-state index contributed by atoms with van der Waals surface area (Å²) in [6, 6.07) is -4.88. The van der Waals surface area contributed by atoms with Gasteiger partial charge in [0.25, 0.3) is 0 Å². The largest absolute Gasteiger partial charge is 0.368 e. The van der Waals surface area contributed by atoms with Crippen molar-refractivity contribution in [1.29, 1.82) is 0 Å². The number of rotatable bonds is 16. The topological polar surface area (TPSA) is 255 Å². The normalized spacial score (nSPS) is 15.1. The SMILES string of the molecule is C[C@H](N)C(=O)N[C@H](CCC(=O)N[C@@H](CCCCN)C(=O)N[C@H](C)C(=O)N[C@H](C)C(N)=O)C(N)=O.